The van der Waals surface area contributed by atoms with E-state index in [2.05, 4.69) is 32.7 Å². The minimum atomic E-state index is 0.0887. The molecular formula is C12H18N4OS2. The molecule has 7 heteroatoms. The maximum Gasteiger partial charge on any atom is 0.210 e. The summed E-state index contributed by atoms with van der Waals surface area (Å²) in [6.07, 6.45) is 1.39. The molecule has 2 aromatic rings. The van der Waals surface area contributed by atoms with Gasteiger partial charge in [0.1, 0.15) is 0 Å². The van der Waals surface area contributed by atoms with Gasteiger partial charge in [0, 0.05) is 34.3 Å². The lowest BCUT2D eigenvalue weighted by Gasteiger charge is -2.02. The van der Waals surface area contributed by atoms with Crippen LogP contribution in [0.25, 0.3) is 0 Å². The number of nitrogens with one attached hydrogen (secondary N) is 3. The number of rotatable bonds is 8. The molecule has 2 heterocycles. The second-order valence-corrected chi connectivity index (χ2v) is 6.35. The molecular weight excluding hydrogens is 280 g/mol. The Labute approximate surface area is 120 Å². The van der Waals surface area contributed by atoms with Crippen molar-refractivity contribution in [2.45, 2.75) is 12.3 Å². The second kappa shape index (κ2) is 7.42. The highest BCUT2D eigenvalue weighted by Gasteiger charge is 2.00. The molecule has 0 aromatic carbocycles. The van der Waals surface area contributed by atoms with Crippen molar-refractivity contribution >= 4 is 29.0 Å². The molecule has 19 heavy (non-hydrogen) atoms. The number of hydrogen-bond acceptors (Lipinski definition) is 6. The van der Waals surface area contributed by atoms with Gasteiger partial charge in [-0.05, 0) is 19.2 Å². The number of hydrogen-bond donors (Lipinski definition) is 4. The minimum absolute atomic E-state index is 0.0887. The van der Waals surface area contributed by atoms with Gasteiger partial charge >= 0.3 is 0 Å². The molecule has 0 fully saturated rings. The molecule has 0 saturated carbocycles. The van der Waals surface area contributed by atoms with Crippen molar-refractivity contribution in [2.75, 3.05) is 24.7 Å². The zero-order valence-corrected chi connectivity index (χ0v) is 12.4. The molecule has 0 saturated heterocycles. The highest BCUT2D eigenvalue weighted by molar-refractivity contribution is 7.98. The van der Waals surface area contributed by atoms with E-state index in [1.807, 2.05) is 30.1 Å². The number of aromatic amines is 1. The molecule has 4 N–H and O–H groups in total. The minimum Gasteiger partial charge on any atom is -0.493 e. The smallest absolute Gasteiger partial charge is 0.210 e. The number of aromatic nitrogens is 2. The van der Waals surface area contributed by atoms with Crippen molar-refractivity contribution in [3.05, 3.63) is 28.1 Å². The number of H-pyrrole nitrogens is 1. The summed E-state index contributed by atoms with van der Waals surface area (Å²) in [5.74, 6) is 2.75. The molecule has 0 radical (unpaired) electrons. The molecule has 2 aromatic heterocycles. The normalized spacial score (nSPS) is 10.8. The van der Waals surface area contributed by atoms with Gasteiger partial charge in [-0.2, -0.15) is 11.8 Å². The summed E-state index contributed by atoms with van der Waals surface area (Å²) in [6, 6.07) is 4.38. The maximum absolute atomic E-state index is 9.08. The van der Waals surface area contributed by atoms with E-state index in [0.717, 1.165) is 24.6 Å². The summed E-state index contributed by atoms with van der Waals surface area (Å²) in [5, 5.41) is 15.4. The maximum atomic E-state index is 9.08. The largest absolute Gasteiger partial charge is 0.493 e. The van der Waals surface area contributed by atoms with Gasteiger partial charge in [0.05, 0.1) is 6.20 Å². The molecule has 0 amide bonds. The van der Waals surface area contributed by atoms with Crippen molar-refractivity contribution in [1.29, 1.82) is 0 Å². The van der Waals surface area contributed by atoms with Crippen molar-refractivity contribution in [2.24, 2.45) is 0 Å². The Bertz CT molecular complexity index is 497. The average molecular weight is 298 g/mol. The standard InChI is InChI=1S/C12H18N4OS2/c1-13-6-9-2-3-10(19-9)8-18-5-4-14-12-15-7-11(17)16-12/h2-3,7,13,17H,4-6,8H2,1H3,(H2,14,15,16). The second-order valence-electron chi connectivity index (χ2n) is 3.99. The topological polar surface area (TPSA) is 73.0 Å². The van der Waals surface area contributed by atoms with E-state index >= 15 is 0 Å². The van der Waals surface area contributed by atoms with E-state index in [-0.39, 0.29) is 5.88 Å². The lowest BCUT2D eigenvalue weighted by atomic mass is 10.4. The van der Waals surface area contributed by atoms with Gasteiger partial charge < -0.3 is 15.7 Å². The van der Waals surface area contributed by atoms with Gasteiger partial charge in [0.15, 0.2) is 0 Å². The van der Waals surface area contributed by atoms with Crippen LogP contribution in [0.4, 0.5) is 5.95 Å². The van der Waals surface area contributed by atoms with Crippen LogP contribution in [0.1, 0.15) is 9.75 Å². The fourth-order valence-electron chi connectivity index (χ4n) is 1.58. The Morgan fingerprint density at radius 3 is 3.00 bits per heavy atom. The number of nitrogens with zero attached hydrogens (tertiary/aromatic N) is 1. The lowest BCUT2D eigenvalue weighted by molar-refractivity contribution is 0.457. The summed E-state index contributed by atoms with van der Waals surface area (Å²) < 4.78 is 0. The highest BCUT2D eigenvalue weighted by atomic mass is 32.2. The van der Waals surface area contributed by atoms with Crippen molar-refractivity contribution in [1.82, 2.24) is 15.3 Å². The van der Waals surface area contributed by atoms with Gasteiger partial charge in [-0.25, -0.2) is 4.98 Å². The highest BCUT2D eigenvalue weighted by Crippen LogP contribution is 2.21. The van der Waals surface area contributed by atoms with E-state index < -0.39 is 0 Å². The fraction of sp³-hybridized carbons (Fsp3) is 0.417. The van der Waals surface area contributed by atoms with Crippen molar-refractivity contribution < 1.29 is 5.11 Å². The predicted octanol–water partition coefficient (Wildman–Crippen LogP) is 2.24. The van der Waals surface area contributed by atoms with E-state index in [9.17, 15) is 0 Å². The quantitative estimate of drug-likeness (QED) is 0.563. The lowest BCUT2D eigenvalue weighted by Crippen LogP contribution is -2.05. The zero-order chi connectivity index (χ0) is 13.5. The van der Waals surface area contributed by atoms with Gasteiger partial charge in [-0.15, -0.1) is 11.3 Å². The average Bonchev–Trinajstić information content (AvgIpc) is 2.99. The zero-order valence-electron chi connectivity index (χ0n) is 10.8. The van der Waals surface area contributed by atoms with E-state index in [4.69, 9.17) is 5.11 Å². The summed E-state index contributed by atoms with van der Waals surface area (Å²) >= 11 is 3.75. The molecule has 0 bridgehead atoms. The van der Waals surface area contributed by atoms with Crippen molar-refractivity contribution in [3.8, 4) is 5.88 Å². The number of aromatic hydroxyl groups is 1. The molecule has 0 aliphatic heterocycles. The Hall–Kier alpha value is -1.18. The Balaban J connectivity index is 1.61. The predicted molar refractivity (Wildman–Crippen MR) is 82.0 cm³/mol. The molecule has 0 aliphatic rings. The van der Waals surface area contributed by atoms with Gasteiger partial charge in [0.2, 0.25) is 11.8 Å². The first-order valence-electron chi connectivity index (χ1n) is 6.05. The van der Waals surface area contributed by atoms with Gasteiger partial charge in [-0.1, -0.05) is 0 Å². The van der Waals surface area contributed by atoms with Crippen LogP contribution in [-0.2, 0) is 12.3 Å². The molecule has 5 nitrogen and oxygen atoms in total. The van der Waals surface area contributed by atoms with Crippen LogP contribution < -0.4 is 10.6 Å². The third kappa shape index (κ3) is 4.77. The number of anilines is 1. The third-order valence-electron chi connectivity index (χ3n) is 2.41. The molecule has 104 valence electrons. The Kier molecular flexibility index (Phi) is 5.56. The van der Waals surface area contributed by atoms with Crippen molar-refractivity contribution in [3.63, 3.8) is 0 Å². The molecule has 2 rings (SSSR count). The number of thioether (sulfide) groups is 1. The molecule has 0 aliphatic carbocycles. The van der Waals surface area contributed by atoms with Crippen LogP contribution in [-0.4, -0.2) is 34.4 Å². The van der Waals surface area contributed by atoms with Crippen LogP contribution in [0.2, 0.25) is 0 Å². The monoisotopic (exact) mass is 298 g/mol. The van der Waals surface area contributed by atoms with E-state index in [1.165, 1.54) is 16.0 Å². The first-order valence-corrected chi connectivity index (χ1v) is 8.03. The first kappa shape index (κ1) is 14.2. The van der Waals surface area contributed by atoms with E-state index in [1.54, 1.807) is 0 Å². The van der Waals surface area contributed by atoms with Gasteiger partial charge in [-0.3, -0.25) is 4.98 Å². The van der Waals surface area contributed by atoms with Crippen LogP contribution in [0.5, 0.6) is 5.88 Å². The molecule has 0 unspecified atom stereocenters. The summed E-state index contributed by atoms with van der Waals surface area (Å²) in [7, 11) is 1.96. The van der Waals surface area contributed by atoms with Crippen LogP contribution in [0.3, 0.4) is 0 Å². The Morgan fingerprint density at radius 2 is 2.26 bits per heavy atom. The number of imidazole rings is 1. The summed E-state index contributed by atoms with van der Waals surface area (Å²) in [5.41, 5.74) is 0. The number of thiophene rings is 1. The summed E-state index contributed by atoms with van der Waals surface area (Å²) in [4.78, 5) is 9.47. The van der Waals surface area contributed by atoms with Gasteiger partial charge in [0.25, 0.3) is 0 Å². The third-order valence-corrected chi connectivity index (χ3v) is 4.69. The molecule has 0 spiro atoms. The Morgan fingerprint density at radius 1 is 1.42 bits per heavy atom. The SMILES string of the molecule is CNCc1ccc(CSCCNc2ncc(O)[nH]2)s1. The van der Waals surface area contributed by atoms with Crippen LogP contribution >= 0.6 is 23.1 Å². The fourth-order valence-corrected chi connectivity index (χ4v) is 3.58. The van der Waals surface area contributed by atoms with Crippen LogP contribution in [0.15, 0.2) is 18.3 Å². The molecule has 0 atom stereocenters. The van der Waals surface area contributed by atoms with E-state index in [0.29, 0.717) is 5.95 Å². The first-order chi connectivity index (χ1) is 9.28. The summed E-state index contributed by atoms with van der Waals surface area (Å²) in [6.45, 7) is 1.77. The van der Waals surface area contributed by atoms with Crippen LogP contribution in [0, 0.1) is 0 Å².